The molecule has 2 rings (SSSR count). The van der Waals surface area contributed by atoms with E-state index >= 15 is 0 Å². The van der Waals surface area contributed by atoms with Crippen LogP contribution in [0, 0.1) is 0 Å². The lowest BCUT2D eigenvalue weighted by Crippen LogP contribution is -2.26. The quantitative estimate of drug-likeness (QED) is 0.653. The van der Waals surface area contributed by atoms with Gasteiger partial charge in [-0.3, -0.25) is 0 Å². The highest BCUT2D eigenvalue weighted by Crippen LogP contribution is 1.96. The van der Waals surface area contributed by atoms with Crippen molar-refractivity contribution in [2.45, 2.75) is 13.3 Å². The molecule has 0 N–H and O–H groups in total. The third-order valence-corrected chi connectivity index (χ3v) is 2.52. The third-order valence-electron chi connectivity index (χ3n) is 2.52. The van der Waals surface area contributed by atoms with Gasteiger partial charge >= 0.3 is 0 Å². The van der Waals surface area contributed by atoms with Gasteiger partial charge < -0.3 is 0 Å². The lowest BCUT2D eigenvalue weighted by molar-refractivity contribution is 1.14. The highest BCUT2D eigenvalue weighted by molar-refractivity contribution is 6.67. The van der Waals surface area contributed by atoms with Gasteiger partial charge in [-0.1, -0.05) is 72.4 Å². The average Bonchev–Trinajstić information content (AvgIpc) is 2.31. The van der Waals surface area contributed by atoms with Crippen LogP contribution < -0.4 is 10.9 Å². The van der Waals surface area contributed by atoms with Crippen molar-refractivity contribution in [2.75, 3.05) is 0 Å². The molecule has 2 aromatic carbocycles. The first-order valence-electron chi connectivity index (χ1n) is 5.37. The third kappa shape index (κ3) is 2.72. The minimum Gasteiger partial charge on any atom is -0.0814 e. The van der Waals surface area contributed by atoms with Crippen LogP contribution in [-0.2, 0) is 6.42 Å². The van der Waals surface area contributed by atoms with Crippen molar-refractivity contribution in [3.63, 3.8) is 0 Å². The summed E-state index contributed by atoms with van der Waals surface area (Å²) in [6.07, 6.45) is 1.10. The zero-order valence-corrected chi connectivity index (χ0v) is 8.98. The lowest BCUT2D eigenvalue weighted by Gasteiger charge is -2.01. The molecule has 0 amide bonds. The maximum atomic E-state index is 2.19. The van der Waals surface area contributed by atoms with E-state index in [1.165, 1.54) is 16.5 Å². The van der Waals surface area contributed by atoms with Gasteiger partial charge in [0.05, 0.1) is 0 Å². The summed E-state index contributed by atoms with van der Waals surface area (Å²) in [5, 5.41) is 0. The Morgan fingerprint density at radius 3 is 2.00 bits per heavy atom. The van der Waals surface area contributed by atoms with Crippen LogP contribution in [-0.4, -0.2) is 7.28 Å². The van der Waals surface area contributed by atoms with E-state index in [9.17, 15) is 0 Å². The van der Waals surface area contributed by atoms with E-state index in [2.05, 4.69) is 62.7 Å². The van der Waals surface area contributed by atoms with Gasteiger partial charge in [-0.25, -0.2) is 0 Å². The monoisotopic (exact) mass is 193 g/mol. The smallest absolute Gasteiger partial charge is 0.0814 e. The molecular formula is C14H14B. The van der Waals surface area contributed by atoms with Crippen molar-refractivity contribution in [3.8, 4) is 0 Å². The highest BCUT2D eigenvalue weighted by Gasteiger charge is 1.97. The van der Waals surface area contributed by atoms with Crippen LogP contribution in [0.2, 0.25) is 0 Å². The van der Waals surface area contributed by atoms with Gasteiger partial charge in [0.25, 0.3) is 0 Å². The van der Waals surface area contributed by atoms with Gasteiger partial charge in [0.15, 0.2) is 7.28 Å². The summed E-state index contributed by atoms with van der Waals surface area (Å²) in [4.78, 5) is 0. The lowest BCUT2D eigenvalue weighted by atomic mass is 9.64. The molecule has 0 unspecified atom stereocenters. The summed E-state index contributed by atoms with van der Waals surface area (Å²) in [7, 11) is 2.19. The van der Waals surface area contributed by atoms with Crippen LogP contribution in [0.3, 0.4) is 0 Å². The molecule has 0 aliphatic rings. The second-order valence-electron chi connectivity index (χ2n) is 3.65. The van der Waals surface area contributed by atoms with Crippen molar-refractivity contribution in [1.29, 1.82) is 0 Å². The van der Waals surface area contributed by atoms with E-state index in [0.717, 1.165) is 6.42 Å². The fraction of sp³-hybridized carbons (Fsp3) is 0.143. The molecule has 0 saturated heterocycles. The van der Waals surface area contributed by atoms with Crippen molar-refractivity contribution < 1.29 is 0 Å². The Kier molecular flexibility index (Phi) is 3.23. The average molecular weight is 193 g/mol. The van der Waals surface area contributed by atoms with E-state index in [4.69, 9.17) is 0 Å². The second kappa shape index (κ2) is 4.83. The molecule has 0 heterocycles. The summed E-state index contributed by atoms with van der Waals surface area (Å²) in [5.74, 6) is 0. The Hall–Kier alpha value is -1.50. The van der Waals surface area contributed by atoms with Crippen molar-refractivity contribution in [2.24, 2.45) is 0 Å². The van der Waals surface area contributed by atoms with Crippen LogP contribution in [0.4, 0.5) is 0 Å². The van der Waals surface area contributed by atoms with E-state index in [1.54, 1.807) is 0 Å². The molecule has 0 spiro atoms. The molecular weight excluding hydrogens is 179 g/mol. The first-order valence-corrected chi connectivity index (χ1v) is 5.37. The zero-order valence-electron chi connectivity index (χ0n) is 8.98. The van der Waals surface area contributed by atoms with E-state index < -0.39 is 0 Å². The molecule has 0 nitrogen and oxygen atoms in total. The number of rotatable bonds is 3. The van der Waals surface area contributed by atoms with Crippen molar-refractivity contribution in [1.82, 2.24) is 0 Å². The topological polar surface area (TPSA) is 0 Å². The molecule has 0 aromatic heterocycles. The molecule has 0 fully saturated rings. The number of hydrogen-bond donors (Lipinski definition) is 0. The molecule has 0 atom stereocenters. The summed E-state index contributed by atoms with van der Waals surface area (Å²) >= 11 is 0. The first kappa shape index (κ1) is 10.0. The van der Waals surface area contributed by atoms with Gasteiger partial charge in [0.1, 0.15) is 0 Å². The highest BCUT2D eigenvalue weighted by atomic mass is 13.9. The molecule has 0 aliphatic heterocycles. The Morgan fingerprint density at radius 2 is 1.40 bits per heavy atom. The standard InChI is InChI=1S/C14H14B/c1-2-12-8-10-14(11-9-12)15-13-6-4-3-5-7-13/h3-11H,2H2,1H3. The van der Waals surface area contributed by atoms with Gasteiger partial charge in [-0.15, -0.1) is 0 Å². The van der Waals surface area contributed by atoms with Crippen LogP contribution in [0.25, 0.3) is 0 Å². The molecule has 2 aromatic rings. The number of hydrogen-bond acceptors (Lipinski definition) is 0. The molecule has 0 aliphatic carbocycles. The van der Waals surface area contributed by atoms with E-state index in [-0.39, 0.29) is 0 Å². The second-order valence-corrected chi connectivity index (χ2v) is 3.65. The Bertz CT molecular complexity index is 403. The fourth-order valence-corrected chi connectivity index (χ4v) is 1.59. The van der Waals surface area contributed by atoms with Crippen LogP contribution in [0.5, 0.6) is 0 Å². The SMILES string of the molecule is CCc1ccc([B]c2ccccc2)cc1. The number of benzene rings is 2. The predicted octanol–water partition coefficient (Wildman–Crippen LogP) is 1.90. The summed E-state index contributed by atoms with van der Waals surface area (Å²) in [6, 6.07) is 19.1. The molecule has 73 valence electrons. The maximum Gasteiger partial charge on any atom is 0.191 e. The Labute approximate surface area is 92.2 Å². The maximum absolute atomic E-state index is 2.19. The van der Waals surface area contributed by atoms with Crippen LogP contribution in [0.1, 0.15) is 12.5 Å². The Balaban J connectivity index is 2.11. The van der Waals surface area contributed by atoms with Crippen LogP contribution >= 0.6 is 0 Å². The zero-order chi connectivity index (χ0) is 10.5. The van der Waals surface area contributed by atoms with Gasteiger partial charge in [-0.2, -0.15) is 0 Å². The van der Waals surface area contributed by atoms with E-state index in [1.807, 2.05) is 6.07 Å². The first-order chi connectivity index (χ1) is 7.38. The molecule has 1 heteroatoms. The fourth-order valence-electron chi connectivity index (χ4n) is 1.59. The minimum atomic E-state index is 1.10. The molecule has 1 radical (unpaired) electrons. The largest absolute Gasteiger partial charge is 0.191 e. The molecule has 15 heavy (non-hydrogen) atoms. The molecule has 0 saturated carbocycles. The molecule has 0 bridgehead atoms. The predicted molar refractivity (Wildman–Crippen MR) is 67.3 cm³/mol. The van der Waals surface area contributed by atoms with Crippen LogP contribution in [0.15, 0.2) is 54.6 Å². The summed E-state index contributed by atoms with van der Waals surface area (Å²) < 4.78 is 0. The normalized spacial score (nSPS) is 9.93. The van der Waals surface area contributed by atoms with Crippen molar-refractivity contribution in [3.05, 3.63) is 60.2 Å². The van der Waals surface area contributed by atoms with Gasteiger partial charge in [0, 0.05) is 0 Å². The summed E-state index contributed by atoms with van der Waals surface area (Å²) in [5.41, 5.74) is 3.90. The minimum absolute atomic E-state index is 1.10. The van der Waals surface area contributed by atoms with Gasteiger partial charge in [0.2, 0.25) is 0 Å². The number of aryl methyl sites for hydroxylation is 1. The van der Waals surface area contributed by atoms with Crippen molar-refractivity contribution >= 4 is 18.2 Å². The van der Waals surface area contributed by atoms with E-state index in [0.29, 0.717) is 0 Å². The Morgan fingerprint density at radius 1 is 0.800 bits per heavy atom. The van der Waals surface area contributed by atoms with Gasteiger partial charge in [-0.05, 0) is 12.0 Å². The summed E-state index contributed by atoms with van der Waals surface area (Å²) in [6.45, 7) is 2.18.